The van der Waals surface area contributed by atoms with Crippen LogP contribution >= 0.6 is 0 Å². The molecule has 0 fully saturated rings. The number of imidazole rings is 1. The van der Waals surface area contributed by atoms with Crippen LogP contribution in [0.15, 0.2) is 30.7 Å². The van der Waals surface area contributed by atoms with Gasteiger partial charge in [-0.1, -0.05) is 6.07 Å². The van der Waals surface area contributed by atoms with Gasteiger partial charge in [0.25, 0.3) is 0 Å². The SMILES string of the molecule is O=[N+]([O-])c1cn(Cc2ccc([N+](=O)[O-])c(F)c2)cn1. The lowest BCUT2D eigenvalue weighted by Gasteiger charge is -2.01. The summed E-state index contributed by atoms with van der Waals surface area (Å²) in [4.78, 5) is 23.0. The first kappa shape index (κ1) is 12.6. The molecule has 8 nitrogen and oxygen atoms in total. The van der Waals surface area contributed by atoms with Crippen molar-refractivity contribution in [3.8, 4) is 0 Å². The van der Waals surface area contributed by atoms with E-state index in [1.807, 2.05) is 0 Å². The van der Waals surface area contributed by atoms with Crippen molar-refractivity contribution >= 4 is 11.5 Å². The van der Waals surface area contributed by atoms with Crippen LogP contribution in [0.3, 0.4) is 0 Å². The lowest BCUT2D eigenvalue weighted by Crippen LogP contribution is -1.99. The zero-order valence-corrected chi connectivity index (χ0v) is 9.39. The van der Waals surface area contributed by atoms with Crippen molar-refractivity contribution in [2.24, 2.45) is 0 Å². The third-order valence-corrected chi connectivity index (χ3v) is 2.38. The predicted molar refractivity (Wildman–Crippen MR) is 61.0 cm³/mol. The van der Waals surface area contributed by atoms with Crippen LogP contribution in [0.5, 0.6) is 0 Å². The molecule has 0 N–H and O–H groups in total. The third-order valence-electron chi connectivity index (χ3n) is 2.38. The van der Waals surface area contributed by atoms with E-state index in [1.54, 1.807) is 0 Å². The molecule has 19 heavy (non-hydrogen) atoms. The van der Waals surface area contributed by atoms with E-state index in [-0.39, 0.29) is 12.4 Å². The summed E-state index contributed by atoms with van der Waals surface area (Å²) in [7, 11) is 0. The highest BCUT2D eigenvalue weighted by atomic mass is 19.1. The van der Waals surface area contributed by atoms with Crippen LogP contribution in [-0.2, 0) is 6.54 Å². The topological polar surface area (TPSA) is 104 Å². The first-order chi connectivity index (χ1) is 8.97. The van der Waals surface area contributed by atoms with Gasteiger partial charge >= 0.3 is 11.5 Å². The van der Waals surface area contributed by atoms with Gasteiger partial charge in [0.15, 0.2) is 0 Å². The molecule has 1 heterocycles. The minimum Gasteiger partial charge on any atom is -0.358 e. The molecule has 0 saturated carbocycles. The van der Waals surface area contributed by atoms with Gasteiger partial charge in [0.05, 0.1) is 11.5 Å². The molecule has 0 radical (unpaired) electrons. The van der Waals surface area contributed by atoms with Crippen LogP contribution in [0.2, 0.25) is 0 Å². The number of nitrogens with zero attached hydrogens (tertiary/aromatic N) is 4. The molecule has 2 rings (SSSR count). The fourth-order valence-electron chi connectivity index (χ4n) is 1.54. The first-order valence-corrected chi connectivity index (χ1v) is 5.06. The van der Waals surface area contributed by atoms with Gasteiger partial charge in [-0.3, -0.25) is 10.1 Å². The molecule has 0 spiro atoms. The maximum atomic E-state index is 13.4. The molecule has 2 aromatic rings. The molecule has 0 aliphatic rings. The minimum absolute atomic E-state index is 0.135. The summed E-state index contributed by atoms with van der Waals surface area (Å²) in [5.74, 6) is -1.26. The van der Waals surface area contributed by atoms with E-state index in [1.165, 1.54) is 23.2 Å². The molecule has 9 heteroatoms. The van der Waals surface area contributed by atoms with Crippen LogP contribution in [0.4, 0.5) is 15.9 Å². The van der Waals surface area contributed by atoms with E-state index in [0.29, 0.717) is 5.56 Å². The number of benzene rings is 1. The largest absolute Gasteiger partial charge is 0.381 e. The number of halogens is 1. The fraction of sp³-hybridized carbons (Fsp3) is 0.100. The molecule has 1 aromatic carbocycles. The van der Waals surface area contributed by atoms with Crippen molar-refractivity contribution < 1.29 is 14.2 Å². The second kappa shape index (κ2) is 4.80. The molecule has 98 valence electrons. The van der Waals surface area contributed by atoms with Crippen LogP contribution < -0.4 is 0 Å². The highest BCUT2D eigenvalue weighted by Crippen LogP contribution is 2.19. The summed E-state index contributed by atoms with van der Waals surface area (Å²) in [6, 6.07) is 3.45. The van der Waals surface area contributed by atoms with Crippen molar-refractivity contribution in [1.82, 2.24) is 9.55 Å². The Morgan fingerprint density at radius 2 is 2.00 bits per heavy atom. The third kappa shape index (κ3) is 2.70. The summed E-state index contributed by atoms with van der Waals surface area (Å²) in [6.07, 6.45) is 2.43. The van der Waals surface area contributed by atoms with Crippen LogP contribution in [0.1, 0.15) is 5.56 Å². The highest BCUT2D eigenvalue weighted by Gasteiger charge is 2.15. The average Bonchev–Trinajstić information content (AvgIpc) is 2.77. The van der Waals surface area contributed by atoms with Gasteiger partial charge in [-0.15, -0.1) is 0 Å². The van der Waals surface area contributed by atoms with Gasteiger partial charge < -0.3 is 14.7 Å². The number of rotatable bonds is 4. The maximum absolute atomic E-state index is 13.4. The second-order valence-electron chi connectivity index (χ2n) is 3.70. The van der Waals surface area contributed by atoms with Crippen LogP contribution in [-0.4, -0.2) is 19.4 Å². The monoisotopic (exact) mass is 266 g/mol. The summed E-state index contributed by atoms with van der Waals surface area (Å²) >= 11 is 0. The second-order valence-corrected chi connectivity index (χ2v) is 3.70. The molecular weight excluding hydrogens is 259 g/mol. The van der Waals surface area contributed by atoms with Gasteiger partial charge in [-0.05, 0) is 21.5 Å². The van der Waals surface area contributed by atoms with Crippen molar-refractivity contribution in [2.45, 2.75) is 6.54 Å². The highest BCUT2D eigenvalue weighted by molar-refractivity contribution is 5.35. The minimum atomic E-state index is -0.947. The van der Waals surface area contributed by atoms with Crippen molar-refractivity contribution in [2.75, 3.05) is 0 Å². The number of hydrogen-bond acceptors (Lipinski definition) is 5. The first-order valence-electron chi connectivity index (χ1n) is 5.06. The van der Waals surface area contributed by atoms with E-state index in [4.69, 9.17) is 0 Å². The zero-order chi connectivity index (χ0) is 14.0. The van der Waals surface area contributed by atoms with Crippen LogP contribution in [0.25, 0.3) is 0 Å². The summed E-state index contributed by atoms with van der Waals surface area (Å²) < 4.78 is 14.7. The molecular formula is C10H7FN4O4. The van der Waals surface area contributed by atoms with Crippen molar-refractivity contribution in [3.63, 3.8) is 0 Å². The molecule has 0 bridgehead atoms. The van der Waals surface area contributed by atoms with E-state index in [9.17, 15) is 24.6 Å². The smallest absolute Gasteiger partial charge is 0.358 e. The van der Waals surface area contributed by atoms with Crippen LogP contribution in [0, 0.1) is 26.0 Å². The van der Waals surface area contributed by atoms with Crippen molar-refractivity contribution in [3.05, 3.63) is 62.3 Å². The molecule has 0 aliphatic heterocycles. The Hall–Kier alpha value is -2.84. The molecule has 0 aliphatic carbocycles. The quantitative estimate of drug-likeness (QED) is 0.620. The van der Waals surface area contributed by atoms with E-state index < -0.39 is 21.4 Å². The number of hydrogen-bond donors (Lipinski definition) is 0. The Balaban J connectivity index is 2.21. The number of nitro benzene ring substituents is 1. The summed E-state index contributed by atoms with van der Waals surface area (Å²) in [5.41, 5.74) is -0.171. The summed E-state index contributed by atoms with van der Waals surface area (Å²) in [6.45, 7) is 0.135. The van der Waals surface area contributed by atoms with Gasteiger partial charge in [0.1, 0.15) is 6.20 Å². The van der Waals surface area contributed by atoms with E-state index >= 15 is 0 Å². The maximum Gasteiger partial charge on any atom is 0.381 e. The Morgan fingerprint density at radius 3 is 2.53 bits per heavy atom. The van der Waals surface area contributed by atoms with Gasteiger partial charge in [0.2, 0.25) is 12.1 Å². The predicted octanol–water partition coefficient (Wildman–Crippen LogP) is 1.89. The van der Waals surface area contributed by atoms with Gasteiger partial charge in [0, 0.05) is 6.07 Å². The molecule has 0 unspecified atom stereocenters. The lowest BCUT2D eigenvalue weighted by molar-refractivity contribution is -0.389. The van der Waals surface area contributed by atoms with Gasteiger partial charge in [-0.2, -0.15) is 4.39 Å². The fourth-order valence-corrected chi connectivity index (χ4v) is 1.54. The standard InChI is InChI=1S/C10H7FN4O4/c11-8-3-7(1-2-9(8)14(16)17)4-13-5-10(12-6-13)15(18)19/h1-3,5-6H,4H2. The Kier molecular flexibility index (Phi) is 3.19. The van der Waals surface area contributed by atoms with Crippen molar-refractivity contribution in [1.29, 1.82) is 0 Å². The number of aromatic nitrogens is 2. The molecule has 1 aromatic heterocycles. The Labute approximate surface area is 105 Å². The average molecular weight is 266 g/mol. The Bertz CT molecular complexity index is 655. The van der Waals surface area contributed by atoms with E-state index in [2.05, 4.69) is 4.98 Å². The number of nitro groups is 2. The lowest BCUT2D eigenvalue weighted by atomic mass is 10.2. The van der Waals surface area contributed by atoms with Gasteiger partial charge in [-0.25, -0.2) is 0 Å². The van der Waals surface area contributed by atoms with E-state index in [0.717, 1.165) is 12.1 Å². The molecule has 0 saturated heterocycles. The molecule has 0 amide bonds. The zero-order valence-electron chi connectivity index (χ0n) is 9.39. The normalized spacial score (nSPS) is 10.4. The Morgan fingerprint density at radius 1 is 1.26 bits per heavy atom. The summed E-state index contributed by atoms with van der Waals surface area (Å²) in [5, 5.41) is 20.9. The molecule has 0 atom stereocenters.